The van der Waals surface area contributed by atoms with E-state index in [1.165, 1.54) is 70.6 Å². The summed E-state index contributed by atoms with van der Waals surface area (Å²) in [4.78, 5) is 0. The molecule has 0 aliphatic carbocycles. The van der Waals surface area contributed by atoms with Crippen LogP contribution in [-0.4, -0.2) is 19.5 Å². The molecular formula is C19H36O2. The topological polar surface area (TPSA) is 18.5 Å². The first kappa shape index (κ1) is 18.7. The fourth-order valence-corrected chi connectivity index (χ4v) is 2.94. The Morgan fingerprint density at radius 2 is 1.81 bits per heavy atom. The normalized spacial score (nSPS) is 20.3. The highest BCUT2D eigenvalue weighted by Crippen LogP contribution is 2.16. The van der Waals surface area contributed by atoms with Gasteiger partial charge in [0, 0.05) is 13.2 Å². The van der Waals surface area contributed by atoms with Crippen molar-refractivity contribution in [1.29, 1.82) is 0 Å². The van der Waals surface area contributed by atoms with Gasteiger partial charge in [-0.2, -0.15) is 0 Å². The van der Waals surface area contributed by atoms with Crippen LogP contribution in [0.2, 0.25) is 0 Å². The van der Waals surface area contributed by atoms with E-state index < -0.39 is 0 Å². The Morgan fingerprint density at radius 3 is 2.48 bits per heavy atom. The standard InChI is InChI=1S/C19H36O2/c1-3-13-18(2)14-9-7-5-4-6-8-11-16-20-19-15-10-12-17-21-19/h3,18-19H,1,4-17H2,2H3/t18-,19?/m1/s1. The molecule has 1 fully saturated rings. The third-order valence-corrected chi connectivity index (χ3v) is 4.35. The van der Waals surface area contributed by atoms with Crippen LogP contribution in [0.25, 0.3) is 0 Å². The molecular weight excluding hydrogens is 260 g/mol. The quantitative estimate of drug-likeness (QED) is 0.313. The molecule has 0 aromatic heterocycles. The van der Waals surface area contributed by atoms with Crippen molar-refractivity contribution in [2.75, 3.05) is 13.2 Å². The first-order valence-corrected chi connectivity index (χ1v) is 9.17. The minimum absolute atomic E-state index is 0.0938. The SMILES string of the molecule is C=CC[C@@H](C)CCCCCCCCCOC1CCCCO1. The first-order valence-electron chi connectivity index (χ1n) is 9.17. The summed E-state index contributed by atoms with van der Waals surface area (Å²) >= 11 is 0. The molecule has 0 aromatic rings. The monoisotopic (exact) mass is 296 g/mol. The van der Waals surface area contributed by atoms with Crippen LogP contribution in [0.1, 0.15) is 84.0 Å². The number of allylic oxidation sites excluding steroid dienone is 1. The van der Waals surface area contributed by atoms with Crippen LogP contribution >= 0.6 is 0 Å². The molecule has 0 amide bonds. The second kappa shape index (κ2) is 13.3. The average molecular weight is 296 g/mol. The smallest absolute Gasteiger partial charge is 0.157 e. The molecule has 1 unspecified atom stereocenters. The van der Waals surface area contributed by atoms with E-state index in [1.807, 2.05) is 6.08 Å². The van der Waals surface area contributed by atoms with E-state index in [4.69, 9.17) is 9.47 Å². The van der Waals surface area contributed by atoms with Crippen LogP contribution in [0.15, 0.2) is 12.7 Å². The summed E-state index contributed by atoms with van der Waals surface area (Å²) in [5.41, 5.74) is 0. The van der Waals surface area contributed by atoms with Crippen molar-refractivity contribution in [3.8, 4) is 0 Å². The largest absolute Gasteiger partial charge is 0.353 e. The fourth-order valence-electron chi connectivity index (χ4n) is 2.94. The Labute approximate surface area is 132 Å². The summed E-state index contributed by atoms with van der Waals surface area (Å²) in [6, 6.07) is 0. The minimum atomic E-state index is 0.0938. The van der Waals surface area contributed by atoms with Crippen LogP contribution in [0.4, 0.5) is 0 Å². The molecule has 1 aliphatic heterocycles. The van der Waals surface area contributed by atoms with Gasteiger partial charge in [0.05, 0.1) is 0 Å². The average Bonchev–Trinajstić information content (AvgIpc) is 2.50. The van der Waals surface area contributed by atoms with Crippen molar-refractivity contribution in [3.63, 3.8) is 0 Å². The lowest BCUT2D eigenvalue weighted by molar-refractivity contribution is -0.162. The Kier molecular flexibility index (Phi) is 11.9. The van der Waals surface area contributed by atoms with E-state index in [1.54, 1.807) is 0 Å². The van der Waals surface area contributed by atoms with Crippen molar-refractivity contribution in [2.24, 2.45) is 5.92 Å². The summed E-state index contributed by atoms with van der Waals surface area (Å²) in [5, 5.41) is 0. The van der Waals surface area contributed by atoms with Crippen LogP contribution in [0, 0.1) is 5.92 Å². The maximum atomic E-state index is 5.75. The van der Waals surface area contributed by atoms with Gasteiger partial charge in [0.2, 0.25) is 0 Å². The van der Waals surface area contributed by atoms with Crippen LogP contribution < -0.4 is 0 Å². The molecule has 1 saturated heterocycles. The summed E-state index contributed by atoms with van der Waals surface area (Å²) in [7, 11) is 0. The summed E-state index contributed by atoms with van der Waals surface area (Å²) in [6.07, 6.45) is 17.6. The Bertz CT molecular complexity index is 234. The second-order valence-electron chi connectivity index (χ2n) is 6.56. The number of rotatable bonds is 13. The van der Waals surface area contributed by atoms with E-state index in [0.717, 1.165) is 25.6 Å². The number of hydrogen-bond donors (Lipinski definition) is 0. The highest BCUT2D eigenvalue weighted by atomic mass is 16.7. The van der Waals surface area contributed by atoms with Gasteiger partial charge in [-0.15, -0.1) is 6.58 Å². The molecule has 2 atom stereocenters. The Balaban J connectivity index is 1.75. The van der Waals surface area contributed by atoms with Gasteiger partial charge in [0.25, 0.3) is 0 Å². The fraction of sp³-hybridized carbons (Fsp3) is 0.895. The first-order chi connectivity index (χ1) is 10.3. The van der Waals surface area contributed by atoms with Gasteiger partial charge in [0.1, 0.15) is 0 Å². The molecule has 21 heavy (non-hydrogen) atoms. The van der Waals surface area contributed by atoms with E-state index in [2.05, 4.69) is 13.5 Å². The number of unbranched alkanes of at least 4 members (excludes halogenated alkanes) is 6. The second-order valence-corrected chi connectivity index (χ2v) is 6.56. The number of hydrogen-bond acceptors (Lipinski definition) is 2. The van der Waals surface area contributed by atoms with Crippen molar-refractivity contribution < 1.29 is 9.47 Å². The molecule has 1 heterocycles. The lowest BCUT2D eigenvalue weighted by Crippen LogP contribution is -2.22. The van der Waals surface area contributed by atoms with Crippen molar-refractivity contribution >= 4 is 0 Å². The molecule has 0 aromatic carbocycles. The Morgan fingerprint density at radius 1 is 1.10 bits per heavy atom. The zero-order valence-electron chi connectivity index (χ0n) is 14.2. The molecule has 1 aliphatic rings. The molecule has 0 radical (unpaired) electrons. The molecule has 2 nitrogen and oxygen atoms in total. The predicted octanol–water partition coefficient (Wildman–Crippen LogP) is 5.86. The molecule has 0 spiro atoms. The maximum Gasteiger partial charge on any atom is 0.157 e. The van der Waals surface area contributed by atoms with E-state index in [0.29, 0.717) is 0 Å². The van der Waals surface area contributed by atoms with Crippen molar-refractivity contribution in [1.82, 2.24) is 0 Å². The molecule has 2 heteroatoms. The van der Waals surface area contributed by atoms with Crippen molar-refractivity contribution in [3.05, 3.63) is 12.7 Å². The molecule has 1 rings (SSSR count). The summed E-state index contributed by atoms with van der Waals surface area (Å²) < 4.78 is 11.3. The number of ether oxygens (including phenoxy) is 2. The summed E-state index contributed by atoms with van der Waals surface area (Å²) in [6.45, 7) is 7.90. The third kappa shape index (κ3) is 11.0. The molecule has 0 bridgehead atoms. The lowest BCUT2D eigenvalue weighted by Gasteiger charge is -2.22. The third-order valence-electron chi connectivity index (χ3n) is 4.35. The molecule has 0 saturated carbocycles. The highest BCUT2D eigenvalue weighted by molar-refractivity contribution is 4.70. The zero-order valence-corrected chi connectivity index (χ0v) is 14.2. The predicted molar refractivity (Wildman–Crippen MR) is 90.5 cm³/mol. The van der Waals surface area contributed by atoms with Gasteiger partial charge in [-0.25, -0.2) is 0 Å². The summed E-state index contributed by atoms with van der Waals surface area (Å²) in [5.74, 6) is 0.821. The highest BCUT2D eigenvalue weighted by Gasteiger charge is 2.13. The van der Waals surface area contributed by atoms with Gasteiger partial charge < -0.3 is 9.47 Å². The van der Waals surface area contributed by atoms with Gasteiger partial charge in [-0.1, -0.05) is 57.9 Å². The van der Waals surface area contributed by atoms with Gasteiger partial charge >= 0.3 is 0 Å². The van der Waals surface area contributed by atoms with Gasteiger partial charge in [0.15, 0.2) is 6.29 Å². The zero-order chi connectivity index (χ0) is 15.2. The Hall–Kier alpha value is -0.340. The van der Waals surface area contributed by atoms with E-state index >= 15 is 0 Å². The van der Waals surface area contributed by atoms with Crippen LogP contribution in [-0.2, 0) is 9.47 Å². The maximum absolute atomic E-state index is 5.75. The van der Waals surface area contributed by atoms with Crippen LogP contribution in [0.3, 0.4) is 0 Å². The van der Waals surface area contributed by atoms with Crippen molar-refractivity contribution in [2.45, 2.75) is 90.3 Å². The van der Waals surface area contributed by atoms with E-state index in [9.17, 15) is 0 Å². The minimum Gasteiger partial charge on any atom is -0.353 e. The molecule has 124 valence electrons. The van der Waals surface area contributed by atoms with Gasteiger partial charge in [-0.3, -0.25) is 0 Å². The van der Waals surface area contributed by atoms with Gasteiger partial charge in [-0.05, 0) is 38.0 Å². The van der Waals surface area contributed by atoms with Crippen LogP contribution in [0.5, 0.6) is 0 Å². The lowest BCUT2D eigenvalue weighted by atomic mass is 9.99. The molecule has 0 N–H and O–H groups in total. The van der Waals surface area contributed by atoms with E-state index in [-0.39, 0.29) is 6.29 Å².